The number of rotatable bonds is 3. The summed E-state index contributed by atoms with van der Waals surface area (Å²) in [7, 11) is 0. The third kappa shape index (κ3) is 2.81. The molecule has 0 atom stereocenters. The highest BCUT2D eigenvalue weighted by Gasteiger charge is 2.19. The number of thiazole rings is 1. The third-order valence-electron chi connectivity index (χ3n) is 3.47. The molecule has 0 aliphatic carbocycles. The van der Waals surface area contributed by atoms with Gasteiger partial charge in [-0.3, -0.25) is 4.79 Å². The Morgan fingerprint density at radius 1 is 1.17 bits per heavy atom. The predicted molar refractivity (Wildman–Crippen MR) is 93.1 cm³/mol. The molecule has 0 unspecified atom stereocenters. The summed E-state index contributed by atoms with van der Waals surface area (Å²) in [6.45, 7) is 0.148. The quantitative estimate of drug-likeness (QED) is 0.751. The van der Waals surface area contributed by atoms with E-state index in [0.717, 1.165) is 10.6 Å². The van der Waals surface area contributed by atoms with Crippen molar-refractivity contribution in [2.24, 2.45) is 0 Å². The number of benzene rings is 2. The van der Waals surface area contributed by atoms with Crippen LogP contribution >= 0.6 is 22.9 Å². The predicted octanol–water partition coefficient (Wildman–Crippen LogP) is 4.44. The molecule has 0 fully saturated rings. The number of hydrogen-bond acceptors (Lipinski definition) is 5. The maximum absolute atomic E-state index is 12.4. The molecule has 24 heavy (non-hydrogen) atoms. The molecule has 0 saturated heterocycles. The average Bonchev–Trinajstić information content (AvgIpc) is 3.25. The molecule has 0 saturated carbocycles. The third-order valence-corrected chi connectivity index (χ3v) is 4.67. The Hall–Kier alpha value is -2.57. The molecule has 1 aromatic heterocycles. The van der Waals surface area contributed by atoms with Gasteiger partial charge in [0.1, 0.15) is 10.7 Å². The highest BCUT2D eigenvalue weighted by atomic mass is 35.5. The van der Waals surface area contributed by atoms with E-state index < -0.39 is 0 Å². The minimum atomic E-state index is -0.325. The van der Waals surface area contributed by atoms with Gasteiger partial charge < -0.3 is 14.8 Å². The maximum Gasteiger partial charge on any atom is 0.275 e. The molecule has 1 aliphatic heterocycles. The van der Waals surface area contributed by atoms with Gasteiger partial charge in [0.05, 0.1) is 10.7 Å². The van der Waals surface area contributed by atoms with E-state index in [9.17, 15) is 4.79 Å². The van der Waals surface area contributed by atoms with Crippen molar-refractivity contribution in [3.05, 3.63) is 58.6 Å². The van der Waals surface area contributed by atoms with E-state index in [4.69, 9.17) is 21.1 Å². The fourth-order valence-corrected chi connectivity index (χ4v) is 3.30. The molecule has 1 N–H and O–H groups in total. The van der Waals surface area contributed by atoms with Crippen molar-refractivity contribution in [1.82, 2.24) is 4.98 Å². The molecule has 2 heterocycles. The smallest absolute Gasteiger partial charge is 0.275 e. The average molecular weight is 359 g/mol. The number of nitrogens with zero attached hydrogens (tertiary/aromatic N) is 1. The van der Waals surface area contributed by atoms with E-state index >= 15 is 0 Å². The summed E-state index contributed by atoms with van der Waals surface area (Å²) < 4.78 is 10.5. The molecule has 120 valence electrons. The van der Waals surface area contributed by atoms with Crippen LogP contribution in [-0.4, -0.2) is 17.7 Å². The summed E-state index contributed by atoms with van der Waals surface area (Å²) in [6, 6.07) is 13.0. The van der Waals surface area contributed by atoms with Crippen LogP contribution in [0.5, 0.6) is 11.5 Å². The van der Waals surface area contributed by atoms with Gasteiger partial charge in [-0.15, -0.1) is 11.3 Å². The van der Waals surface area contributed by atoms with E-state index in [-0.39, 0.29) is 12.7 Å². The molecule has 7 heteroatoms. The summed E-state index contributed by atoms with van der Waals surface area (Å²) in [6.07, 6.45) is 0. The van der Waals surface area contributed by atoms with Crippen molar-refractivity contribution in [1.29, 1.82) is 0 Å². The van der Waals surface area contributed by atoms with Crippen LogP contribution in [0.2, 0.25) is 5.02 Å². The van der Waals surface area contributed by atoms with E-state index in [1.807, 2.05) is 30.3 Å². The highest BCUT2D eigenvalue weighted by Crippen LogP contribution is 2.39. The lowest BCUT2D eigenvalue weighted by molar-refractivity contribution is 0.102. The first kappa shape index (κ1) is 15.0. The van der Waals surface area contributed by atoms with Crippen LogP contribution in [0.3, 0.4) is 0 Å². The fourth-order valence-electron chi connectivity index (χ4n) is 2.29. The Morgan fingerprint density at radius 3 is 2.71 bits per heavy atom. The minimum Gasteiger partial charge on any atom is -0.454 e. The van der Waals surface area contributed by atoms with Crippen LogP contribution < -0.4 is 14.8 Å². The molecule has 2 aromatic carbocycles. The van der Waals surface area contributed by atoms with Crippen LogP contribution in [0.25, 0.3) is 10.6 Å². The normalized spacial score (nSPS) is 12.2. The molecule has 0 bridgehead atoms. The van der Waals surface area contributed by atoms with Crippen LogP contribution in [0.15, 0.2) is 47.8 Å². The Morgan fingerprint density at radius 2 is 1.92 bits per heavy atom. The number of aromatic nitrogens is 1. The largest absolute Gasteiger partial charge is 0.454 e. The standard InChI is InChI=1S/C17H11ClN2O3S/c18-11-6-14-15(23-9-22-14)7-12(11)19-16(21)13-8-24-17(20-13)10-4-2-1-3-5-10/h1-8H,9H2,(H,19,21). The van der Waals surface area contributed by atoms with Crippen molar-refractivity contribution in [2.75, 3.05) is 12.1 Å². The first-order valence-electron chi connectivity index (χ1n) is 7.12. The Balaban J connectivity index is 1.56. The van der Waals surface area contributed by atoms with Gasteiger partial charge in [0.25, 0.3) is 5.91 Å². The Bertz CT molecular complexity index is 911. The van der Waals surface area contributed by atoms with E-state index in [2.05, 4.69) is 10.3 Å². The van der Waals surface area contributed by atoms with Crippen molar-refractivity contribution in [3.63, 3.8) is 0 Å². The zero-order valence-electron chi connectivity index (χ0n) is 12.3. The van der Waals surface area contributed by atoms with E-state index in [0.29, 0.717) is 27.9 Å². The Labute approximate surface area is 146 Å². The van der Waals surface area contributed by atoms with Gasteiger partial charge in [-0.05, 0) is 0 Å². The molecule has 1 aliphatic rings. The molecular weight excluding hydrogens is 348 g/mol. The fraction of sp³-hybridized carbons (Fsp3) is 0.0588. The zero-order valence-corrected chi connectivity index (χ0v) is 13.9. The molecule has 5 nitrogen and oxygen atoms in total. The van der Waals surface area contributed by atoms with Crippen molar-refractivity contribution >= 4 is 34.5 Å². The first-order chi connectivity index (χ1) is 11.7. The molecule has 0 radical (unpaired) electrons. The van der Waals surface area contributed by atoms with Crippen molar-refractivity contribution < 1.29 is 14.3 Å². The molecular formula is C17H11ClN2O3S. The lowest BCUT2D eigenvalue weighted by Gasteiger charge is -2.07. The van der Waals surface area contributed by atoms with Crippen LogP contribution in [0.1, 0.15) is 10.5 Å². The van der Waals surface area contributed by atoms with Crippen molar-refractivity contribution in [3.8, 4) is 22.1 Å². The van der Waals surface area contributed by atoms with E-state index in [1.54, 1.807) is 17.5 Å². The Kier molecular flexibility index (Phi) is 3.84. The number of hydrogen-bond donors (Lipinski definition) is 1. The van der Waals surface area contributed by atoms with Gasteiger partial charge in [0, 0.05) is 23.1 Å². The molecule has 1 amide bonds. The summed E-state index contributed by atoms with van der Waals surface area (Å²) in [5.41, 5.74) is 1.77. The highest BCUT2D eigenvalue weighted by molar-refractivity contribution is 7.13. The summed E-state index contributed by atoms with van der Waals surface area (Å²) in [5.74, 6) is 0.796. The summed E-state index contributed by atoms with van der Waals surface area (Å²) >= 11 is 7.59. The zero-order chi connectivity index (χ0) is 16.5. The van der Waals surface area contributed by atoms with Gasteiger partial charge in [-0.2, -0.15) is 0 Å². The summed E-state index contributed by atoms with van der Waals surface area (Å²) in [4.78, 5) is 16.8. The van der Waals surface area contributed by atoms with E-state index in [1.165, 1.54) is 11.3 Å². The number of nitrogens with one attached hydrogen (secondary N) is 1. The summed E-state index contributed by atoms with van der Waals surface area (Å²) in [5, 5.41) is 5.65. The molecule has 4 rings (SSSR count). The number of fused-ring (bicyclic) bond motifs is 1. The SMILES string of the molecule is O=C(Nc1cc2c(cc1Cl)OCO2)c1csc(-c2ccccc2)n1. The lowest BCUT2D eigenvalue weighted by atomic mass is 10.2. The van der Waals surface area contributed by atoms with Crippen molar-refractivity contribution in [2.45, 2.75) is 0 Å². The monoisotopic (exact) mass is 358 g/mol. The topological polar surface area (TPSA) is 60.5 Å². The first-order valence-corrected chi connectivity index (χ1v) is 8.38. The number of amides is 1. The second kappa shape index (κ2) is 6.14. The van der Waals surface area contributed by atoms with Gasteiger partial charge in [-0.1, -0.05) is 41.9 Å². The number of carbonyl (C=O) groups excluding carboxylic acids is 1. The molecule has 0 spiro atoms. The van der Waals surface area contributed by atoms with Gasteiger partial charge >= 0.3 is 0 Å². The minimum absolute atomic E-state index is 0.148. The second-order valence-electron chi connectivity index (χ2n) is 5.04. The van der Waals surface area contributed by atoms with Gasteiger partial charge in [0.15, 0.2) is 11.5 Å². The number of halogens is 1. The number of anilines is 1. The van der Waals surface area contributed by atoms with Crippen LogP contribution in [-0.2, 0) is 0 Å². The van der Waals surface area contributed by atoms with Crippen LogP contribution in [0.4, 0.5) is 5.69 Å². The molecule has 3 aromatic rings. The lowest BCUT2D eigenvalue weighted by Crippen LogP contribution is -2.12. The van der Waals surface area contributed by atoms with Gasteiger partial charge in [-0.25, -0.2) is 4.98 Å². The number of carbonyl (C=O) groups is 1. The second-order valence-corrected chi connectivity index (χ2v) is 6.31. The maximum atomic E-state index is 12.4. The number of ether oxygens (including phenoxy) is 2. The van der Waals surface area contributed by atoms with Gasteiger partial charge in [0.2, 0.25) is 6.79 Å². The van der Waals surface area contributed by atoms with Crippen LogP contribution in [0, 0.1) is 0 Å².